The largest absolute Gasteiger partial charge is 0.496 e. The molecule has 142 valence electrons. The normalized spacial score (nSPS) is 10.1. The number of nitro groups is 1. The molecule has 2 aromatic carbocycles. The van der Waals surface area contributed by atoms with Gasteiger partial charge in [0.2, 0.25) is 5.75 Å². The number of anilines is 1. The third-order valence-electron chi connectivity index (χ3n) is 3.35. The van der Waals surface area contributed by atoms with Crippen LogP contribution in [0, 0.1) is 10.1 Å². The molecule has 0 saturated heterocycles. The summed E-state index contributed by atoms with van der Waals surface area (Å²) in [6.07, 6.45) is 0. The smallest absolute Gasteiger partial charge is 0.326 e. The zero-order valence-corrected chi connectivity index (χ0v) is 15.6. The fourth-order valence-electron chi connectivity index (χ4n) is 2.19. The van der Waals surface area contributed by atoms with Crippen molar-refractivity contribution in [3.05, 3.63) is 56.1 Å². The van der Waals surface area contributed by atoms with E-state index < -0.39 is 22.5 Å². The fraction of sp³-hybridized carbons (Fsp3) is 0.125. The van der Waals surface area contributed by atoms with Gasteiger partial charge in [0.15, 0.2) is 0 Å². The second-order valence-electron chi connectivity index (χ2n) is 4.99. The molecule has 0 aliphatic rings. The highest BCUT2D eigenvalue weighted by Crippen LogP contribution is 2.37. The lowest BCUT2D eigenvalue weighted by atomic mass is 10.1. The van der Waals surface area contributed by atoms with E-state index in [1.807, 2.05) is 5.32 Å². The van der Waals surface area contributed by atoms with E-state index in [0.717, 1.165) is 13.2 Å². The second kappa shape index (κ2) is 8.56. The predicted octanol–water partition coefficient (Wildman–Crippen LogP) is 3.88. The van der Waals surface area contributed by atoms with Crippen LogP contribution in [0.4, 0.5) is 16.2 Å². The maximum absolute atomic E-state index is 12.5. The number of rotatable bonds is 5. The topological polar surface area (TPSA) is 120 Å². The Morgan fingerprint density at radius 1 is 1.07 bits per heavy atom. The zero-order valence-electron chi connectivity index (χ0n) is 14.0. The van der Waals surface area contributed by atoms with Gasteiger partial charge >= 0.3 is 11.7 Å². The second-order valence-corrected chi connectivity index (χ2v) is 5.80. The summed E-state index contributed by atoms with van der Waals surface area (Å²) >= 11 is 11.6. The van der Waals surface area contributed by atoms with Gasteiger partial charge in [-0.15, -0.1) is 0 Å². The van der Waals surface area contributed by atoms with Crippen LogP contribution < -0.4 is 20.1 Å². The molecule has 2 aromatic rings. The maximum Gasteiger partial charge on any atom is 0.326 e. The average molecular weight is 414 g/mol. The SMILES string of the molecule is COc1ccc([N+](=O)[O-])c(OC)c1C(=O)NC(=O)Nc1ccc(Cl)c(Cl)c1. The summed E-state index contributed by atoms with van der Waals surface area (Å²) in [6, 6.07) is 5.80. The molecule has 0 atom stereocenters. The van der Waals surface area contributed by atoms with Crippen molar-refractivity contribution < 1.29 is 24.0 Å². The van der Waals surface area contributed by atoms with Gasteiger partial charge in [-0.3, -0.25) is 20.2 Å². The number of benzene rings is 2. The van der Waals surface area contributed by atoms with Gasteiger partial charge in [0.1, 0.15) is 11.3 Å². The number of carbonyl (C=O) groups is 2. The van der Waals surface area contributed by atoms with Crippen LogP contribution in [0.2, 0.25) is 10.0 Å². The quantitative estimate of drug-likeness (QED) is 0.566. The van der Waals surface area contributed by atoms with Crippen molar-refractivity contribution in [1.29, 1.82) is 0 Å². The summed E-state index contributed by atoms with van der Waals surface area (Å²) < 4.78 is 10.0. The van der Waals surface area contributed by atoms with Crippen molar-refractivity contribution in [1.82, 2.24) is 5.32 Å². The minimum atomic E-state index is -0.954. The van der Waals surface area contributed by atoms with Crippen LogP contribution in [-0.4, -0.2) is 31.1 Å². The summed E-state index contributed by atoms with van der Waals surface area (Å²) in [4.78, 5) is 35.0. The fourth-order valence-corrected chi connectivity index (χ4v) is 2.49. The number of nitrogens with one attached hydrogen (secondary N) is 2. The Morgan fingerprint density at radius 2 is 1.78 bits per heavy atom. The van der Waals surface area contributed by atoms with Gasteiger partial charge in [-0.05, 0) is 24.3 Å². The number of hydrogen-bond acceptors (Lipinski definition) is 6. The molecule has 0 radical (unpaired) electrons. The Morgan fingerprint density at radius 3 is 2.33 bits per heavy atom. The number of amides is 3. The van der Waals surface area contributed by atoms with Gasteiger partial charge in [-0.1, -0.05) is 23.2 Å². The van der Waals surface area contributed by atoms with Crippen LogP contribution in [0.15, 0.2) is 30.3 Å². The number of nitrogens with zero attached hydrogens (tertiary/aromatic N) is 1. The summed E-state index contributed by atoms with van der Waals surface area (Å²) in [6.45, 7) is 0. The molecule has 0 fully saturated rings. The Balaban J connectivity index is 2.28. The van der Waals surface area contributed by atoms with Gasteiger partial charge in [0.25, 0.3) is 5.91 Å². The number of imide groups is 1. The number of urea groups is 1. The molecular weight excluding hydrogens is 401 g/mol. The van der Waals surface area contributed by atoms with Crippen molar-refractivity contribution in [3.8, 4) is 11.5 Å². The molecule has 0 aromatic heterocycles. The Labute approximate surface area is 163 Å². The molecule has 0 saturated carbocycles. The molecule has 3 amide bonds. The van der Waals surface area contributed by atoms with Gasteiger partial charge in [-0.2, -0.15) is 0 Å². The van der Waals surface area contributed by atoms with Crippen molar-refractivity contribution in [2.75, 3.05) is 19.5 Å². The first-order valence-electron chi connectivity index (χ1n) is 7.25. The number of ether oxygens (including phenoxy) is 2. The molecule has 11 heteroatoms. The van der Waals surface area contributed by atoms with Gasteiger partial charge < -0.3 is 14.8 Å². The zero-order chi connectivity index (χ0) is 20.1. The first kappa shape index (κ1) is 20.3. The molecule has 0 bridgehead atoms. The molecule has 0 aliphatic heterocycles. The van der Waals surface area contributed by atoms with E-state index in [1.54, 1.807) is 0 Å². The van der Waals surface area contributed by atoms with Gasteiger partial charge in [-0.25, -0.2) is 4.79 Å². The summed E-state index contributed by atoms with van der Waals surface area (Å²) in [5.41, 5.74) is -0.459. The summed E-state index contributed by atoms with van der Waals surface area (Å²) in [7, 11) is 2.43. The summed E-state index contributed by atoms with van der Waals surface area (Å²) in [5.74, 6) is -1.29. The van der Waals surface area contributed by atoms with Crippen molar-refractivity contribution >= 4 is 46.5 Å². The molecular formula is C16H13Cl2N3O6. The van der Waals surface area contributed by atoms with E-state index in [9.17, 15) is 19.7 Å². The lowest BCUT2D eigenvalue weighted by Gasteiger charge is -2.13. The van der Waals surface area contributed by atoms with Gasteiger partial charge in [0.05, 0.1) is 29.2 Å². The highest BCUT2D eigenvalue weighted by molar-refractivity contribution is 6.42. The molecule has 2 N–H and O–H groups in total. The van der Waals surface area contributed by atoms with E-state index in [0.29, 0.717) is 5.02 Å². The molecule has 0 unspecified atom stereocenters. The number of hydrogen-bond donors (Lipinski definition) is 2. The van der Waals surface area contributed by atoms with Gasteiger partial charge in [0, 0.05) is 11.8 Å². The standard InChI is InChI=1S/C16H13Cl2N3O6/c1-26-12-6-5-11(21(24)25)14(27-2)13(12)15(22)20-16(23)19-8-3-4-9(17)10(18)7-8/h3-7H,1-2H3,(H2,19,20,22,23). The van der Waals surface area contributed by atoms with E-state index in [2.05, 4.69) is 5.32 Å². The van der Waals surface area contributed by atoms with E-state index in [1.165, 1.54) is 31.4 Å². The van der Waals surface area contributed by atoms with Crippen LogP contribution in [-0.2, 0) is 0 Å². The molecule has 0 spiro atoms. The monoisotopic (exact) mass is 413 g/mol. The molecule has 0 heterocycles. The lowest BCUT2D eigenvalue weighted by Crippen LogP contribution is -2.34. The Bertz CT molecular complexity index is 919. The molecule has 9 nitrogen and oxygen atoms in total. The Hall–Kier alpha value is -3.04. The number of methoxy groups -OCH3 is 2. The first-order chi connectivity index (χ1) is 12.8. The van der Waals surface area contributed by atoms with E-state index >= 15 is 0 Å². The van der Waals surface area contributed by atoms with Crippen LogP contribution in [0.5, 0.6) is 11.5 Å². The highest BCUT2D eigenvalue weighted by Gasteiger charge is 2.28. The minimum absolute atomic E-state index is 0.00251. The first-order valence-corrected chi connectivity index (χ1v) is 8.00. The summed E-state index contributed by atoms with van der Waals surface area (Å²) in [5, 5.41) is 16.1. The third-order valence-corrected chi connectivity index (χ3v) is 4.09. The number of carbonyl (C=O) groups excluding carboxylic acids is 2. The van der Waals surface area contributed by atoms with Crippen LogP contribution in [0.25, 0.3) is 0 Å². The lowest BCUT2D eigenvalue weighted by molar-refractivity contribution is -0.385. The predicted molar refractivity (Wildman–Crippen MR) is 99.1 cm³/mol. The van der Waals surface area contributed by atoms with E-state index in [-0.39, 0.29) is 27.8 Å². The number of nitro benzene ring substituents is 1. The number of halogens is 2. The molecule has 2 rings (SSSR count). The van der Waals surface area contributed by atoms with Crippen molar-refractivity contribution in [3.63, 3.8) is 0 Å². The van der Waals surface area contributed by atoms with Crippen LogP contribution >= 0.6 is 23.2 Å². The molecule has 0 aliphatic carbocycles. The van der Waals surface area contributed by atoms with Crippen LogP contribution in [0.1, 0.15) is 10.4 Å². The Kier molecular flexibility index (Phi) is 6.43. The van der Waals surface area contributed by atoms with E-state index in [4.69, 9.17) is 32.7 Å². The van der Waals surface area contributed by atoms with Crippen molar-refractivity contribution in [2.24, 2.45) is 0 Å². The van der Waals surface area contributed by atoms with Crippen molar-refractivity contribution in [2.45, 2.75) is 0 Å². The average Bonchev–Trinajstić information content (AvgIpc) is 2.62. The van der Waals surface area contributed by atoms with Crippen LogP contribution in [0.3, 0.4) is 0 Å². The highest BCUT2D eigenvalue weighted by atomic mass is 35.5. The third kappa shape index (κ3) is 4.57. The minimum Gasteiger partial charge on any atom is -0.496 e. The molecule has 27 heavy (non-hydrogen) atoms. The maximum atomic E-state index is 12.5.